The smallest absolute Gasteiger partial charge is 0.296 e. The van der Waals surface area contributed by atoms with Gasteiger partial charge in [-0.1, -0.05) is 28.8 Å². The Morgan fingerprint density at radius 1 is 1.30 bits per heavy atom. The number of morpholine rings is 1. The fourth-order valence-electron chi connectivity index (χ4n) is 3.21. The maximum Gasteiger partial charge on any atom is 0.296 e. The van der Waals surface area contributed by atoms with Crippen molar-refractivity contribution in [3.05, 3.63) is 58.4 Å². The van der Waals surface area contributed by atoms with E-state index in [1.807, 2.05) is 17.0 Å². The van der Waals surface area contributed by atoms with Crippen molar-refractivity contribution in [3.63, 3.8) is 0 Å². The quantitative estimate of drug-likeness (QED) is 0.409. The van der Waals surface area contributed by atoms with Gasteiger partial charge in [-0.15, -0.1) is 5.10 Å². The Balaban J connectivity index is 1.47. The van der Waals surface area contributed by atoms with Crippen molar-refractivity contribution in [1.29, 1.82) is 0 Å². The molecular weight excluding hydrogens is 468 g/mol. The van der Waals surface area contributed by atoms with Crippen LogP contribution in [0.15, 0.2) is 36.5 Å². The van der Waals surface area contributed by atoms with Gasteiger partial charge in [0.1, 0.15) is 12.8 Å². The van der Waals surface area contributed by atoms with E-state index in [0.29, 0.717) is 65.2 Å². The number of aromatic nitrogens is 3. The number of aliphatic hydroxyl groups is 1. The molecule has 2 aromatic heterocycles. The van der Waals surface area contributed by atoms with E-state index in [4.69, 9.17) is 21.1 Å². The average Bonchev–Trinajstić information content (AvgIpc) is 3.30. The second-order valence-corrected chi connectivity index (χ2v) is 8.54. The van der Waals surface area contributed by atoms with Crippen LogP contribution in [0, 0.1) is 0 Å². The molecule has 10 nitrogen and oxygen atoms in total. The molecule has 1 aliphatic heterocycles. The normalized spacial score (nSPS) is 14.7. The number of nitrogens with one attached hydrogen (secondary N) is 2. The largest absolute Gasteiger partial charge is 0.464 e. The fraction of sp³-hybridized carbons (Fsp3) is 0.333. The molecule has 1 fully saturated rings. The van der Waals surface area contributed by atoms with E-state index >= 15 is 0 Å². The van der Waals surface area contributed by atoms with E-state index in [2.05, 4.69) is 25.8 Å². The summed E-state index contributed by atoms with van der Waals surface area (Å²) in [5, 5.41) is 24.9. The van der Waals surface area contributed by atoms with Gasteiger partial charge < -0.3 is 19.5 Å². The molecule has 33 heavy (non-hydrogen) atoms. The Bertz CT molecular complexity index is 1090. The van der Waals surface area contributed by atoms with Crippen LogP contribution in [0.2, 0.25) is 5.02 Å². The molecular formula is C21H23ClN6O4S. The van der Waals surface area contributed by atoms with Gasteiger partial charge in [-0.25, -0.2) is 0 Å². The van der Waals surface area contributed by atoms with Crippen molar-refractivity contribution in [2.24, 2.45) is 0 Å². The van der Waals surface area contributed by atoms with E-state index in [-0.39, 0.29) is 5.91 Å². The monoisotopic (exact) mass is 490 g/mol. The molecule has 0 bridgehead atoms. The topological polar surface area (TPSA) is 122 Å². The van der Waals surface area contributed by atoms with Crippen molar-refractivity contribution in [2.45, 2.75) is 12.8 Å². The molecule has 1 atom stereocenters. The van der Waals surface area contributed by atoms with E-state index in [1.54, 1.807) is 25.2 Å². The fourth-order valence-corrected chi connectivity index (χ4v) is 3.92. The zero-order chi connectivity index (χ0) is 23.2. The van der Waals surface area contributed by atoms with Crippen LogP contribution in [-0.2, 0) is 11.3 Å². The number of carbonyl (C=O) groups excluding carboxylic acids is 1. The molecule has 1 unspecified atom stereocenters. The summed E-state index contributed by atoms with van der Waals surface area (Å²) >= 11 is 7.02. The van der Waals surface area contributed by atoms with Crippen LogP contribution in [0.4, 0.5) is 10.8 Å². The van der Waals surface area contributed by atoms with Gasteiger partial charge in [-0.05, 0) is 42.1 Å². The first-order chi connectivity index (χ1) is 16.0. The second kappa shape index (κ2) is 10.9. The van der Waals surface area contributed by atoms with Gasteiger partial charge in [0.15, 0.2) is 0 Å². The number of amides is 1. The van der Waals surface area contributed by atoms with Crippen molar-refractivity contribution in [2.75, 3.05) is 43.6 Å². The highest BCUT2D eigenvalue weighted by Crippen LogP contribution is 2.27. The third-order valence-corrected chi connectivity index (χ3v) is 5.96. The van der Waals surface area contributed by atoms with Crippen LogP contribution in [0.5, 0.6) is 5.19 Å². The lowest BCUT2D eigenvalue weighted by atomic mass is 10.1. The van der Waals surface area contributed by atoms with Crippen LogP contribution in [0.25, 0.3) is 0 Å². The number of pyridine rings is 1. The molecule has 174 valence electrons. The van der Waals surface area contributed by atoms with Crippen LogP contribution >= 0.6 is 22.9 Å². The Labute approximate surface area is 199 Å². The summed E-state index contributed by atoms with van der Waals surface area (Å²) in [6.07, 6.45) is 0.514. The third-order valence-electron chi connectivity index (χ3n) is 4.96. The number of halogens is 1. The molecule has 3 N–H and O–H groups in total. The lowest BCUT2D eigenvalue weighted by molar-refractivity contribution is 0.102. The number of rotatable bonds is 8. The molecule has 0 saturated carbocycles. The summed E-state index contributed by atoms with van der Waals surface area (Å²) < 4.78 is 11.1. The van der Waals surface area contributed by atoms with Crippen LogP contribution in [-0.4, -0.2) is 59.5 Å². The number of aliphatic hydroxyl groups excluding tert-OH is 1. The molecule has 1 amide bonds. The SMILES string of the molecule is CNC(O)c1cc(N2CCOCC2)c(C(=O)Nc2nnc(OCc3ccc(Cl)cc3)s2)cn1. The highest BCUT2D eigenvalue weighted by Gasteiger charge is 2.22. The predicted octanol–water partition coefficient (Wildman–Crippen LogP) is 2.46. The summed E-state index contributed by atoms with van der Waals surface area (Å²) in [5.74, 6) is -0.380. The maximum atomic E-state index is 13.0. The summed E-state index contributed by atoms with van der Waals surface area (Å²) in [6.45, 7) is 2.66. The van der Waals surface area contributed by atoms with Crippen molar-refractivity contribution in [3.8, 4) is 5.19 Å². The van der Waals surface area contributed by atoms with Crippen molar-refractivity contribution >= 4 is 39.7 Å². The minimum Gasteiger partial charge on any atom is -0.464 e. The number of nitrogens with zero attached hydrogens (tertiary/aromatic N) is 4. The third kappa shape index (κ3) is 5.95. The molecule has 4 rings (SSSR count). The van der Waals surface area contributed by atoms with Crippen molar-refractivity contribution < 1.29 is 19.4 Å². The molecule has 0 aliphatic carbocycles. The first-order valence-electron chi connectivity index (χ1n) is 10.2. The Hall–Kier alpha value is -2.83. The van der Waals surface area contributed by atoms with Gasteiger partial charge in [0.05, 0.1) is 30.2 Å². The lowest BCUT2D eigenvalue weighted by Crippen LogP contribution is -2.37. The molecule has 0 spiro atoms. The Morgan fingerprint density at radius 2 is 2.06 bits per heavy atom. The summed E-state index contributed by atoms with van der Waals surface area (Å²) in [6, 6.07) is 9.00. The molecule has 12 heteroatoms. The number of benzene rings is 1. The molecule has 3 aromatic rings. The van der Waals surface area contributed by atoms with Crippen LogP contribution in [0.1, 0.15) is 27.8 Å². The second-order valence-electron chi connectivity index (χ2n) is 7.16. The average molecular weight is 491 g/mol. The molecule has 1 aromatic carbocycles. The Morgan fingerprint density at radius 3 is 2.79 bits per heavy atom. The van der Waals surface area contributed by atoms with Crippen LogP contribution < -0.4 is 20.3 Å². The van der Waals surface area contributed by atoms with E-state index in [9.17, 15) is 9.90 Å². The van der Waals surface area contributed by atoms with E-state index in [0.717, 1.165) is 16.9 Å². The van der Waals surface area contributed by atoms with E-state index < -0.39 is 6.23 Å². The number of anilines is 2. The molecule has 0 radical (unpaired) electrons. The number of hydrogen-bond donors (Lipinski definition) is 3. The number of carbonyl (C=O) groups is 1. The molecule has 3 heterocycles. The minimum absolute atomic E-state index is 0.304. The first kappa shape index (κ1) is 23.3. The zero-order valence-electron chi connectivity index (χ0n) is 17.8. The van der Waals surface area contributed by atoms with Crippen LogP contribution in [0.3, 0.4) is 0 Å². The van der Waals surface area contributed by atoms with Gasteiger partial charge in [-0.3, -0.25) is 20.4 Å². The van der Waals surface area contributed by atoms with Crippen molar-refractivity contribution in [1.82, 2.24) is 20.5 Å². The highest BCUT2D eigenvalue weighted by atomic mass is 35.5. The minimum atomic E-state index is -0.939. The zero-order valence-corrected chi connectivity index (χ0v) is 19.4. The van der Waals surface area contributed by atoms with Gasteiger partial charge in [0, 0.05) is 24.3 Å². The van der Waals surface area contributed by atoms with E-state index in [1.165, 1.54) is 6.20 Å². The van der Waals surface area contributed by atoms with Gasteiger partial charge in [-0.2, -0.15) is 0 Å². The summed E-state index contributed by atoms with van der Waals surface area (Å²) in [5.41, 5.74) is 2.39. The standard InChI is InChI=1S/C21H23ClN6O4S/c1-23-19(30)16-10-17(28-6-8-31-9-7-28)15(11-24-16)18(29)25-20-26-27-21(33-20)32-12-13-2-4-14(22)5-3-13/h2-5,10-11,19,23,30H,6-9,12H2,1H3,(H,25,26,29). The van der Waals surface area contributed by atoms with Gasteiger partial charge in [0.2, 0.25) is 5.13 Å². The predicted molar refractivity (Wildman–Crippen MR) is 125 cm³/mol. The highest BCUT2D eigenvalue weighted by molar-refractivity contribution is 7.17. The lowest BCUT2D eigenvalue weighted by Gasteiger charge is -2.30. The summed E-state index contributed by atoms with van der Waals surface area (Å²) in [7, 11) is 1.63. The maximum absolute atomic E-state index is 13.0. The number of hydrogen-bond acceptors (Lipinski definition) is 10. The Kier molecular flexibility index (Phi) is 7.68. The molecule has 1 aliphatic rings. The number of ether oxygens (including phenoxy) is 2. The van der Waals surface area contributed by atoms with Gasteiger partial charge >= 0.3 is 0 Å². The molecule has 1 saturated heterocycles. The summed E-state index contributed by atoms with van der Waals surface area (Å²) in [4.78, 5) is 19.3. The first-order valence-corrected chi connectivity index (χ1v) is 11.4. The van der Waals surface area contributed by atoms with Gasteiger partial charge in [0.25, 0.3) is 11.1 Å².